The molecule has 0 spiro atoms. The molecule has 1 fully saturated rings. The number of methoxy groups -OCH3 is 1. The van der Waals surface area contributed by atoms with E-state index in [0.717, 1.165) is 22.7 Å². The van der Waals surface area contributed by atoms with E-state index in [1.54, 1.807) is 19.2 Å². The molecule has 31 heavy (non-hydrogen) atoms. The Hall–Kier alpha value is -3.00. The minimum Gasteiger partial charge on any atom is -0.495 e. The van der Waals surface area contributed by atoms with E-state index in [1.807, 2.05) is 25.1 Å². The van der Waals surface area contributed by atoms with Crippen LogP contribution in [0.2, 0.25) is 5.02 Å². The van der Waals surface area contributed by atoms with Crippen LogP contribution < -0.4 is 19.9 Å². The van der Waals surface area contributed by atoms with Crippen LogP contribution in [0.5, 0.6) is 5.75 Å². The van der Waals surface area contributed by atoms with Gasteiger partial charge in [0.05, 0.1) is 29.7 Å². The summed E-state index contributed by atoms with van der Waals surface area (Å²) in [4.78, 5) is 28.3. The van der Waals surface area contributed by atoms with E-state index in [1.165, 1.54) is 6.07 Å². The molecular weight excluding hydrogens is 420 g/mol. The van der Waals surface area contributed by atoms with Crippen LogP contribution in [0, 0.1) is 16.0 Å². The molecule has 164 valence electrons. The van der Waals surface area contributed by atoms with Gasteiger partial charge in [0.15, 0.2) is 0 Å². The molecule has 0 aliphatic carbocycles. The third kappa shape index (κ3) is 3.99. The topological polar surface area (TPSA) is 87.9 Å². The molecule has 2 aliphatic rings. The summed E-state index contributed by atoms with van der Waals surface area (Å²) in [5.74, 6) is 0.385. The summed E-state index contributed by atoms with van der Waals surface area (Å²) in [7, 11) is 1.63. The van der Waals surface area contributed by atoms with Gasteiger partial charge in [-0.25, -0.2) is 0 Å². The highest BCUT2D eigenvalue weighted by molar-refractivity contribution is 6.31. The summed E-state index contributed by atoms with van der Waals surface area (Å²) in [6.07, 6.45) is 0.463. The average molecular weight is 445 g/mol. The second-order valence-corrected chi connectivity index (χ2v) is 8.23. The fraction of sp³-hybridized carbons (Fsp3) is 0.409. The summed E-state index contributed by atoms with van der Waals surface area (Å²) in [5.41, 5.74) is 2.76. The van der Waals surface area contributed by atoms with E-state index >= 15 is 0 Å². The number of ether oxygens (including phenoxy) is 1. The quantitative estimate of drug-likeness (QED) is 0.562. The van der Waals surface area contributed by atoms with Crippen LogP contribution in [-0.2, 0) is 11.2 Å². The number of anilines is 2. The summed E-state index contributed by atoms with van der Waals surface area (Å²) in [5, 5.41) is 14.8. The first-order valence-electron chi connectivity index (χ1n) is 10.3. The molecular formula is C22H25ClN4O4. The molecule has 1 amide bonds. The van der Waals surface area contributed by atoms with Gasteiger partial charge in [0.2, 0.25) is 5.91 Å². The molecule has 2 atom stereocenters. The van der Waals surface area contributed by atoms with Gasteiger partial charge < -0.3 is 19.9 Å². The van der Waals surface area contributed by atoms with Crippen LogP contribution in [0.25, 0.3) is 0 Å². The van der Waals surface area contributed by atoms with Gasteiger partial charge in [0, 0.05) is 49.0 Å². The molecule has 9 heteroatoms. The van der Waals surface area contributed by atoms with Crippen molar-refractivity contribution >= 4 is 34.6 Å². The number of non-ortho nitro benzene ring substituents is 1. The van der Waals surface area contributed by atoms with E-state index in [9.17, 15) is 14.9 Å². The zero-order chi connectivity index (χ0) is 22.1. The van der Waals surface area contributed by atoms with Crippen LogP contribution in [0.4, 0.5) is 17.1 Å². The molecule has 0 aromatic heterocycles. The Morgan fingerprint density at radius 1 is 1.26 bits per heavy atom. The van der Waals surface area contributed by atoms with Gasteiger partial charge >= 0.3 is 0 Å². The monoisotopic (exact) mass is 444 g/mol. The third-order valence-corrected chi connectivity index (χ3v) is 6.31. The van der Waals surface area contributed by atoms with Gasteiger partial charge in [-0.05, 0) is 43.2 Å². The maximum atomic E-state index is 13.0. The number of nitrogens with one attached hydrogen (secondary N) is 1. The standard InChI is InChI=1S/C22H25ClN4O4/c1-3-24-22(28)17-11-14-10-16(27(29)30)5-6-18(14)26-9-8-25(13-20(17)26)19-12-15(23)4-7-21(19)31-2/h4-7,10,12,17,20H,3,8-9,11,13H2,1-2H3,(H,24,28)/t17-,20+/m1/s1. The highest BCUT2D eigenvalue weighted by Crippen LogP contribution is 2.40. The Bertz CT molecular complexity index is 1020. The Kier molecular flexibility index (Phi) is 5.91. The lowest BCUT2D eigenvalue weighted by molar-refractivity contribution is -0.384. The van der Waals surface area contributed by atoms with Crippen LogP contribution in [0.1, 0.15) is 12.5 Å². The summed E-state index contributed by atoms with van der Waals surface area (Å²) in [6.45, 7) is 4.44. The number of amides is 1. The number of carbonyl (C=O) groups is 1. The lowest BCUT2D eigenvalue weighted by Crippen LogP contribution is -2.61. The predicted octanol–water partition coefficient (Wildman–Crippen LogP) is 3.26. The number of hydrogen-bond donors (Lipinski definition) is 1. The van der Waals surface area contributed by atoms with E-state index in [-0.39, 0.29) is 23.6 Å². The SMILES string of the molecule is CCNC(=O)[C@@H]1Cc2cc([N+](=O)[O-])ccc2N2CCN(c3cc(Cl)ccc3OC)C[C@@H]12. The molecule has 2 aromatic rings. The van der Waals surface area contributed by atoms with Gasteiger partial charge in [-0.3, -0.25) is 14.9 Å². The number of carbonyl (C=O) groups excluding carboxylic acids is 1. The number of benzene rings is 2. The predicted molar refractivity (Wildman–Crippen MR) is 120 cm³/mol. The largest absolute Gasteiger partial charge is 0.495 e. The van der Waals surface area contributed by atoms with Crippen molar-refractivity contribution in [3.63, 3.8) is 0 Å². The number of nitro benzene ring substituents is 1. The second kappa shape index (κ2) is 8.63. The van der Waals surface area contributed by atoms with Crippen molar-refractivity contribution in [1.82, 2.24) is 5.32 Å². The van der Waals surface area contributed by atoms with Gasteiger partial charge in [0.1, 0.15) is 5.75 Å². The zero-order valence-electron chi connectivity index (χ0n) is 17.5. The minimum absolute atomic E-state index is 0.0328. The minimum atomic E-state index is -0.392. The second-order valence-electron chi connectivity index (χ2n) is 7.80. The van der Waals surface area contributed by atoms with Gasteiger partial charge in [-0.2, -0.15) is 0 Å². The van der Waals surface area contributed by atoms with Crippen molar-refractivity contribution in [2.45, 2.75) is 19.4 Å². The van der Waals surface area contributed by atoms with Crippen molar-refractivity contribution in [3.8, 4) is 5.75 Å². The third-order valence-electron chi connectivity index (χ3n) is 6.08. The maximum Gasteiger partial charge on any atom is 0.269 e. The number of hydrogen-bond acceptors (Lipinski definition) is 6. The molecule has 1 saturated heterocycles. The molecule has 2 aliphatic heterocycles. The molecule has 2 aromatic carbocycles. The average Bonchev–Trinajstić information content (AvgIpc) is 2.77. The van der Waals surface area contributed by atoms with E-state index in [4.69, 9.17) is 16.3 Å². The highest BCUT2D eigenvalue weighted by Gasteiger charge is 2.42. The fourth-order valence-corrected chi connectivity index (χ4v) is 4.82. The van der Waals surface area contributed by atoms with Crippen LogP contribution in [0.3, 0.4) is 0 Å². The highest BCUT2D eigenvalue weighted by atomic mass is 35.5. The van der Waals surface area contributed by atoms with Crippen LogP contribution >= 0.6 is 11.6 Å². The summed E-state index contributed by atoms with van der Waals surface area (Å²) < 4.78 is 5.54. The van der Waals surface area contributed by atoms with Crippen molar-refractivity contribution in [1.29, 1.82) is 0 Å². The molecule has 1 N–H and O–H groups in total. The van der Waals surface area contributed by atoms with Crippen molar-refractivity contribution in [2.24, 2.45) is 5.92 Å². The first-order valence-corrected chi connectivity index (χ1v) is 10.7. The number of piperazine rings is 1. The van der Waals surface area contributed by atoms with Gasteiger partial charge in [-0.1, -0.05) is 11.6 Å². The van der Waals surface area contributed by atoms with Crippen molar-refractivity contribution in [3.05, 3.63) is 57.1 Å². The Morgan fingerprint density at radius 3 is 2.77 bits per heavy atom. The first kappa shape index (κ1) is 21.2. The van der Waals surface area contributed by atoms with Gasteiger partial charge in [0.25, 0.3) is 5.69 Å². The molecule has 0 saturated carbocycles. The van der Waals surface area contributed by atoms with Crippen molar-refractivity contribution < 1.29 is 14.5 Å². The fourth-order valence-electron chi connectivity index (χ4n) is 4.66. The Labute approximate surface area is 185 Å². The summed E-state index contributed by atoms with van der Waals surface area (Å²) >= 11 is 6.25. The Balaban J connectivity index is 1.70. The molecule has 0 unspecified atom stereocenters. The van der Waals surface area contributed by atoms with E-state index in [0.29, 0.717) is 37.6 Å². The van der Waals surface area contributed by atoms with E-state index in [2.05, 4.69) is 15.1 Å². The lowest BCUT2D eigenvalue weighted by atomic mass is 9.83. The Morgan fingerprint density at radius 2 is 2.06 bits per heavy atom. The number of nitro groups is 1. The summed E-state index contributed by atoms with van der Waals surface area (Å²) in [6, 6.07) is 10.4. The van der Waals surface area contributed by atoms with Crippen LogP contribution in [0.15, 0.2) is 36.4 Å². The number of halogens is 1. The molecule has 0 radical (unpaired) electrons. The first-order chi connectivity index (χ1) is 14.9. The molecule has 2 heterocycles. The number of rotatable bonds is 5. The lowest BCUT2D eigenvalue weighted by Gasteiger charge is -2.49. The molecule has 0 bridgehead atoms. The number of fused-ring (bicyclic) bond motifs is 3. The van der Waals surface area contributed by atoms with Gasteiger partial charge in [-0.15, -0.1) is 0 Å². The maximum absolute atomic E-state index is 13.0. The van der Waals surface area contributed by atoms with E-state index < -0.39 is 4.92 Å². The zero-order valence-corrected chi connectivity index (χ0v) is 18.3. The normalized spacial score (nSPS) is 20.0. The number of nitrogens with zero attached hydrogens (tertiary/aromatic N) is 3. The van der Waals surface area contributed by atoms with Crippen LogP contribution in [-0.4, -0.2) is 50.2 Å². The molecule has 8 nitrogen and oxygen atoms in total. The van der Waals surface area contributed by atoms with Crippen molar-refractivity contribution in [2.75, 3.05) is 43.1 Å². The molecule has 4 rings (SSSR count). The smallest absolute Gasteiger partial charge is 0.269 e.